The van der Waals surface area contributed by atoms with Crippen molar-refractivity contribution in [3.8, 4) is 0 Å². The van der Waals surface area contributed by atoms with Gasteiger partial charge in [-0.1, -0.05) is 12.2 Å². The number of nitro benzene ring substituents is 1. The highest BCUT2D eigenvalue weighted by Gasteiger charge is 2.23. The van der Waals surface area contributed by atoms with E-state index in [0.29, 0.717) is 5.75 Å². The van der Waals surface area contributed by atoms with Gasteiger partial charge < -0.3 is 4.74 Å². The number of hydrogen-bond acceptors (Lipinski definition) is 5. The summed E-state index contributed by atoms with van der Waals surface area (Å²) in [6, 6.07) is 1.78. The molecule has 0 fully saturated rings. The molecule has 0 atom stereocenters. The molecule has 0 spiro atoms. The summed E-state index contributed by atoms with van der Waals surface area (Å²) < 4.78 is 18.0. The fourth-order valence-corrected chi connectivity index (χ4v) is 1.42. The van der Waals surface area contributed by atoms with Crippen LogP contribution in [0.3, 0.4) is 0 Å². The number of methoxy groups -OCH3 is 1. The van der Waals surface area contributed by atoms with Gasteiger partial charge in [-0.05, 0) is 6.07 Å². The van der Waals surface area contributed by atoms with Crippen molar-refractivity contribution in [1.29, 1.82) is 0 Å². The second-order valence-electron chi connectivity index (χ2n) is 3.22. The molecule has 0 saturated heterocycles. The number of halogens is 1. The molecule has 0 bridgehead atoms. The third kappa shape index (κ3) is 3.07. The Bertz CT molecular complexity index is 516. The molecule has 1 aromatic carbocycles. The number of nitro groups is 1. The van der Waals surface area contributed by atoms with E-state index in [4.69, 9.17) is 0 Å². The quantitative estimate of drug-likeness (QED) is 0.395. The third-order valence-electron chi connectivity index (χ3n) is 2.12. The molecular formula is C11H10FNO4S. The molecule has 0 radical (unpaired) electrons. The summed E-state index contributed by atoms with van der Waals surface area (Å²) in [6.07, 6.45) is 2.89. The van der Waals surface area contributed by atoms with E-state index in [1.54, 1.807) is 0 Å². The van der Waals surface area contributed by atoms with Gasteiger partial charge in [0.2, 0.25) is 0 Å². The van der Waals surface area contributed by atoms with Crippen molar-refractivity contribution in [1.82, 2.24) is 0 Å². The maximum atomic E-state index is 13.6. The Morgan fingerprint density at radius 2 is 2.28 bits per heavy atom. The first-order valence-electron chi connectivity index (χ1n) is 4.85. The summed E-state index contributed by atoms with van der Waals surface area (Å²) in [5.74, 6) is -1.32. The van der Waals surface area contributed by atoms with E-state index >= 15 is 0 Å². The van der Waals surface area contributed by atoms with Gasteiger partial charge in [0.1, 0.15) is 11.4 Å². The van der Waals surface area contributed by atoms with Gasteiger partial charge in [0.05, 0.1) is 12.0 Å². The number of hydrogen-bond donors (Lipinski definition) is 1. The fourth-order valence-electron chi connectivity index (χ4n) is 1.31. The van der Waals surface area contributed by atoms with Gasteiger partial charge in [0.15, 0.2) is 0 Å². The van der Waals surface area contributed by atoms with Crippen LogP contribution in [0.15, 0.2) is 18.2 Å². The average molecular weight is 271 g/mol. The minimum absolute atomic E-state index is 0.0170. The van der Waals surface area contributed by atoms with Gasteiger partial charge in [-0.3, -0.25) is 10.1 Å². The number of thiol groups is 1. The van der Waals surface area contributed by atoms with Crippen LogP contribution in [0.25, 0.3) is 6.08 Å². The predicted octanol–water partition coefficient (Wildman–Crippen LogP) is 2.46. The van der Waals surface area contributed by atoms with Crippen LogP contribution in [0.5, 0.6) is 0 Å². The summed E-state index contributed by atoms with van der Waals surface area (Å²) in [5.41, 5.74) is -0.895. The van der Waals surface area contributed by atoms with E-state index in [2.05, 4.69) is 17.4 Å². The summed E-state index contributed by atoms with van der Waals surface area (Å²) >= 11 is 3.90. The number of carbonyl (C=O) groups excluding carboxylic acids is 1. The van der Waals surface area contributed by atoms with Crippen LogP contribution in [0.1, 0.15) is 15.9 Å². The van der Waals surface area contributed by atoms with Crippen molar-refractivity contribution in [2.75, 3.05) is 12.9 Å². The molecule has 0 heterocycles. The lowest BCUT2D eigenvalue weighted by Gasteiger charge is -2.03. The SMILES string of the molecule is COC(=O)c1cc(F)c(C=CCS)cc1[N+](=O)[O-]. The summed E-state index contributed by atoms with van der Waals surface area (Å²) in [6.45, 7) is 0. The molecule has 5 nitrogen and oxygen atoms in total. The zero-order chi connectivity index (χ0) is 13.7. The first-order valence-corrected chi connectivity index (χ1v) is 5.48. The van der Waals surface area contributed by atoms with Crippen LogP contribution >= 0.6 is 12.6 Å². The molecule has 18 heavy (non-hydrogen) atoms. The lowest BCUT2D eigenvalue weighted by atomic mass is 10.1. The lowest BCUT2D eigenvalue weighted by molar-refractivity contribution is -0.385. The molecule has 0 saturated carbocycles. The predicted molar refractivity (Wildman–Crippen MR) is 67.3 cm³/mol. The van der Waals surface area contributed by atoms with Crippen molar-refractivity contribution in [3.05, 3.63) is 45.3 Å². The molecule has 7 heteroatoms. The number of rotatable bonds is 4. The Morgan fingerprint density at radius 1 is 1.61 bits per heavy atom. The standard InChI is InChI=1S/C11H10FNO4S/c1-17-11(14)8-6-9(12)7(3-2-4-18)5-10(8)13(15)16/h2-3,5-6,18H,4H2,1H3. The van der Waals surface area contributed by atoms with Crippen molar-refractivity contribution in [2.24, 2.45) is 0 Å². The van der Waals surface area contributed by atoms with Crippen molar-refractivity contribution in [3.63, 3.8) is 0 Å². The highest BCUT2D eigenvalue weighted by atomic mass is 32.1. The van der Waals surface area contributed by atoms with Crippen molar-refractivity contribution < 1.29 is 18.8 Å². The van der Waals surface area contributed by atoms with E-state index in [9.17, 15) is 19.3 Å². The monoisotopic (exact) mass is 271 g/mol. The van der Waals surface area contributed by atoms with Crippen LogP contribution in [-0.4, -0.2) is 23.8 Å². The largest absolute Gasteiger partial charge is 0.465 e. The number of ether oxygens (including phenoxy) is 1. The minimum Gasteiger partial charge on any atom is -0.465 e. The van der Waals surface area contributed by atoms with Crippen LogP contribution in [0, 0.1) is 15.9 Å². The summed E-state index contributed by atoms with van der Waals surface area (Å²) in [4.78, 5) is 21.3. The van der Waals surface area contributed by atoms with Gasteiger partial charge in [-0.15, -0.1) is 0 Å². The fraction of sp³-hybridized carbons (Fsp3) is 0.182. The topological polar surface area (TPSA) is 69.4 Å². The zero-order valence-electron chi connectivity index (χ0n) is 9.42. The molecule has 1 aromatic rings. The molecule has 96 valence electrons. The first kappa shape index (κ1) is 14.2. The van der Waals surface area contributed by atoms with Crippen LogP contribution in [0.2, 0.25) is 0 Å². The Labute approximate surface area is 108 Å². The second kappa shape index (κ2) is 6.15. The number of nitrogens with zero attached hydrogens (tertiary/aromatic N) is 1. The molecule has 0 N–H and O–H groups in total. The van der Waals surface area contributed by atoms with Gasteiger partial charge in [0, 0.05) is 17.4 Å². The summed E-state index contributed by atoms with van der Waals surface area (Å²) in [7, 11) is 1.07. The van der Waals surface area contributed by atoms with E-state index in [0.717, 1.165) is 19.2 Å². The maximum absolute atomic E-state index is 13.6. The lowest BCUT2D eigenvalue weighted by Crippen LogP contribution is -2.07. The maximum Gasteiger partial charge on any atom is 0.344 e. The Kier molecular flexibility index (Phi) is 4.85. The molecule has 1 rings (SSSR count). The Balaban J connectivity index is 3.39. The van der Waals surface area contributed by atoms with Crippen LogP contribution in [-0.2, 0) is 4.74 Å². The van der Waals surface area contributed by atoms with E-state index in [1.807, 2.05) is 0 Å². The van der Waals surface area contributed by atoms with Gasteiger partial charge in [0.25, 0.3) is 5.69 Å². The molecule has 0 amide bonds. The normalized spacial score (nSPS) is 10.6. The molecule has 0 aliphatic heterocycles. The number of carbonyl (C=O) groups is 1. The molecule has 0 aliphatic rings. The van der Waals surface area contributed by atoms with Gasteiger partial charge in [-0.2, -0.15) is 12.6 Å². The highest BCUT2D eigenvalue weighted by Crippen LogP contribution is 2.24. The zero-order valence-corrected chi connectivity index (χ0v) is 10.3. The van der Waals surface area contributed by atoms with Gasteiger partial charge in [-0.25, -0.2) is 9.18 Å². The van der Waals surface area contributed by atoms with Gasteiger partial charge >= 0.3 is 5.97 Å². The van der Waals surface area contributed by atoms with E-state index in [-0.39, 0.29) is 5.56 Å². The molecule has 0 unspecified atom stereocenters. The van der Waals surface area contributed by atoms with E-state index < -0.39 is 28.0 Å². The second-order valence-corrected chi connectivity index (χ2v) is 3.59. The third-order valence-corrected chi connectivity index (χ3v) is 2.33. The number of esters is 1. The smallest absolute Gasteiger partial charge is 0.344 e. The van der Waals surface area contributed by atoms with Crippen LogP contribution in [0.4, 0.5) is 10.1 Å². The minimum atomic E-state index is -0.953. The molecule has 0 aromatic heterocycles. The summed E-state index contributed by atoms with van der Waals surface area (Å²) in [5, 5.41) is 10.8. The molecular weight excluding hydrogens is 261 g/mol. The van der Waals surface area contributed by atoms with E-state index in [1.165, 1.54) is 12.2 Å². The van der Waals surface area contributed by atoms with Crippen molar-refractivity contribution in [2.45, 2.75) is 0 Å². The van der Waals surface area contributed by atoms with Crippen LogP contribution < -0.4 is 0 Å². The highest BCUT2D eigenvalue weighted by molar-refractivity contribution is 7.80. The first-order chi connectivity index (χ1) is 8.51. The Morgan fingerprint density at radius 3 is 2.78 bits per heavy atom. The Hall–Kier alpha value is -1.89. The average Bonchev–Trinajstić information content (AvgIpc) is 2.35. The van der Waals surface area contributed by atoms with Crippen molar-refractivity contribution >= 4 is 30.4 Å². The molecule has 0 aliphatic carbocycles. The number of benzene rings is 1.